The van der Waals surface area contributed by atoms with E-state index >= 15 is 0 Å². The van der Waals surface area contributed by atoms with E-state index in [0.717, 1.165) is 0 Å². The number of fused-ring (bicyclic) bond motifs is 4. The summed E-state index contributed by atoms with van der Waals surface area (Å²) in [4.78, 5) is 2.31. The first-order valence-corrected chi connectivity index (χ1v) is 7.66. The molecule has 3 heteroatoms. The summed E-state index contributed by atoms with van der Waals surface area (Å²) in [6, 6.07) is 23.9. The molecular weight excluding hydrogens is 267 g/mol. The zero-order valence-electron chi connectivity index (χ0n) is 12.4. The van der Waals surface area contributed by atoms with E-state index in [-0.39, 0.29) is 0 Å². The maximum Gasteiger partial charge on any atom is 0.252 e. The summed E-state index contributed by atoms with van der Waals surface area (Å²) >= 11 is 0. The third-order valence-corrected chi connectivity index (χ3v) is 4.88. The zero-order chi connectivity index (χ0) is 14.7. The number of rotatable bonds is 0. The van der Waals surface area contributed by atoms with Crippen LogP contribution in [0.15, 0.2) is 66.7 Å². The van der Waals surface area contributed by atoms with Gasteiger partial charge in [-0.05, 0) is 40.7 Å². The predicted octanol–water partition coefficient (Wildman–Crippen LogP) is 2.34. The second-order valence-corrected chi connectivity index (χ2v) is 6.00. The molecule has 2 aliphatic heterocycles. The fourth-order valence-corrected chi connectivity index (χ4v) is 3.91. The van der Waals surface area contributed by atoms with Crippen molar-refractivity contribution in [2.45, 2.75) is 0 Å². The van der Waals surface area contributed by atoms with Crippen LogP contribution in [0.3, 0.4) is 0 Å². The summed E-state index contributed by atoms with van der Waals surface area (Å²) in [5, 5.41) is 3.60. The van der Waals surface area contributed by atoms with E-state index in [0.29, 0.717) is 6.71 Å². The van der Waals surface area contributed by atoms with E-state index in [9.17, 15) is 0 Å². The normalized spacial score (nSPS) is 13.9. The van der Waals surface area contributed by atoms with Gasteiger partial charge in [0.2, 0.25) is 0 Å². The van der Waals surface area contributed by atoms with Crippen molar-refractivity contribution in [2.75, 3.05) is 17.3 Å². The number of anilines is 4. The first kappa shape index (κ1) is 11.9. The van der Waals surface area contributed by atoms with Gasteiger partial charge in [0.1, 0.15) is 0 Å². The van der Waals surface area contributed by atoms with Crippen molar-refractivity contribution >= 4 is 45.9 Å². The van der Waals surface area contributed by atoms with Crippen molar-refractivity contribution in [3.8, 4) is 0 Å². The number of nitrogens with one attached hydrogen (secondary N) is 1. The Morgan fingerprint density at radius 1 is 0.727 bits per heavy atom. The van der Waals surface area contributed by atoms with Crippen LogP contribution in [0.25, 0.3) is 0 Å². The molecule has 0 bridgehead atoms. The van der Waals surface area contributed by atoms with Gasteiger partial charge in [0, 0.05) is 29.8 Å². The molecular formula is C19H15BN2. The third kappa shape index (κ3) is 1.41. The molecule has 0 unspecified atom stereocenters. The predicted molar refractivity (Wildman–Crippen MR) is 95.3 cm³/mol. The highest BCUT2D eigenvalue weighted by Crippen LogP contribution is 2.32. The standard InChI is InChI=1S/C19H15BN2/c1-22-17-11-5-3-8-14(17)20-13-7-2-4-9-15(13)21-16-10-6-12-18(22)19(16)20/h2-12,21H,1H3. The van der Waals surface area contributed by atoms with Gasteiger partial charge in [-0.1, -0.05) is 42.5 Å². The van der Waals surface area contributed by atoms with E-state index < -0.39 is 0 Å². The van der Waals surface area contributed by atoms with Gasteiger partial charge in [-0.15, -0.1) is 0 Å². The molecule has 104 valence electrons. The van der Waals surface area contributed by atoms with Crippen molar-refractivity contribution in [3.05, 3.63) is 66.7 Å². The Morgan fingerprint density at radius 3 is 2.32 bits per heavy atom. The average Bonchev–Trinajstić information content (AvgIpc) is 2.58. The Morgan fingerprint density at radius 2 is 1.41 bits per heavy atom. The topological polar surface area (TPSA) is 15.3 Å². The van der Waals surface area contributed by atoms with E-state index in [4.69, 9.17) is 0 Å². The van der Waals surface area contributed by atoms with Crippen molar-refractivity contribution in [3.63, 3.8) is 0 Å². The zero-order valence-corrected chi connectivity index (χ0v) is 12.4. The minimum absolute atomic E-state index is 0.316. The molecule has 5 rings (SSSR count). The number of hydrogen-bond donors (Lipinski definition) is 1. The van der Waals surface area contributed by atoms with Gasteiger partial charge in [0.25, 0.3) is 6.71 Å². The lowest BCUT2D eigenvalue weighted by Crippen LogP contribution is -2.60. The van der Waals surface area contributed by atoms with Crippen LogP contribution >= 0.6 is 0 Å². The summed E-state index contributed by atoms with van der Waals surface area (Å²) in [5.41, 5.74) is 9.18. The number of hydrogen-bond acceptors (Lipinski definition) is 2. The van der Waals surface area contributed by atoms with E-state index in [1.165, 1.54) is 39.1 Å². The molecule has 2 nitrogen and oxygen atoms in total. The Kier molecular flexibility index (Phi) is 2.26. The summed E-state index contributed by atoms with van der Waals surface area (Å²) in [6.45, 7) is 0.316. The second kappa shape index (κ2) is 4.17. The number of nitrogens with zero attached hydrogens (tertiary/aromatic N) is 1. The van der Waals surface area contributed by atoms with Crippen LogP contribution in [-0.4, -0.2) is 13.8 Å². The molecule has 2 heterocycles. The van der Waals surface area contributed by atoms with Crippen LogP contribution < -0.4 is 26.6 Å². The Labute approximate surface area is 130 Å². The Hall–Kier alpha value is -2.68. The van der Waals surface area contributed by atoms with E-state index in [1.807, 2.05) is 0 Å². The fraction of sp³-hybridized carbons (Fsp3) is 0.0526. The molecule has 0 atom stereocenters. The molecule has 0 spiro atoms. The average molecular weight is 282 g/mol. The highest BCUT2D eigenvalue weighted by Gasteiger charge is 2.38. The first-order chi connectivity index (χ1) is 10.8. The van der Waals surface area contributed by atoms with Gasteiger partial charge in [-0.3, -0.25) is 0 Å². The maximum absolute atomic E-state index is 3.60. The van der Waals surface area contributed by atoms with E-state index in [2.05, 4.69) is 84.0 Å². The SMILES string of the molecule is CN1c2ccccc2B2c3ccccc3Nc3cccc1c32. The smallest absolute Gasteiger partial charge is 0.252 e. The number of para-hydroxylation sites is 2. The minimum atomic E-state index is 0.316. The van der Waals surface area contributed by atoms with Crippen molar-refractivity contribution < 1.29 is 0 Å². The molecule has 1 N–H and O–H groups in total. The van der Waals surface area contributed by atoms with Gasteiger partial charge in [0.15, 0.2) is 0 Å². The Balaban J connectivity index is 1.90. The highest BCUT2D eigenvalue weighted by molar-refractivity contribution is 7.00. The molecule has 3 aromatic rings. The molecule has 0 saturated heterocycles. The summed E-state index contributed by atoms with van der Waals surface area (Å²) in [7, 11) is 2.16. The molecule has 0 aromatic heterocycles. The van der Waals surface area contributed by atoms with Gasteiger partial charge < -0.3 is 10.2 Å². The van der Waals surface area contributed by atoms with Gasteiger partial charge >= 0.3 is 0 Å². The van der Waals surface area contributed by atoms with E-state index in [1.54, 1.807) is 0 Å². The fourth-order valence-electron chi connectivity index (χ4n) is 3.91. The highest BCUT2D eigenvalue weighted by atomic mass is 15.1. The molecule has 0 radical (unpaired) electrons. The molecule has 0 aliphatic carbocycles. The lowest BCUT2D eigenvalue weighted by molar-refractivity contribution is 1.22. The van der Waals surface area contributed by atoms with Crippen LogP contribution in [0.1, 0.15) is 0 Å². The summed E-state index contributed by atoms with van der Waals surface area (Å²) < 4.78 is 0. The van der Waals surface area contributed by atoms with Crippen LogP contribution in [-0.2, 0) is 0 Å². The van der Waals surface area contributed by atoms with Gasteiger partial charge in [0.05, 0.1) is 0 Å². The molecule has 0 amide bonds. The van der Waals surface area contributed by atoms with Crippen LogP contribution in [0.5, 0.6) is 0 Å². The van der Waals surface area contributed by atoms with Crippen LogP contribution in [0.4, 0.5) is 22.7 Å². The van der Waals surface area contributed by atoms with Crippen molar-refractivity contribution in [1.29, 1.82) is 0 Å². The van der Waals surface area contributed by atoms with Crippen LogP contribution in [0.2, 0.25) is 0 Å². The lowest BCUT2D eigenvalue weighted by atomic mass is 9.33. The number of benzene rings is 3. The third-order valence-electron chi connectivity index (χ3n) is 4.88. The molecule has 0 fully saturated rings. The second-order valence-electron chi connectivity index (χ2n) is 6.00. The Bertz CT molecular complexity index is 903. The van der Waals surface area contributed by atoms with Crippen molar-refractivity contribution in [2.24, 2.45) is 0 Å². The minimum Gasteiger partial charge on any atom is -0.356 e. The molecule has 0 saturated carbocycles. The lowest BCUT2D eigenvalue weighted by Gasteiger charge is -2.38. The van der Waals surface area contributed by atoms with Gasteiger partial charge in [-0.2, -0.15) is 0 Å². The monoisotopic (exact) mass is 282 g/mol. The maximum atomic E-state index is 3.60. The first-order valence-electron chi connectivity index (χ1n) is 7.66. The van der Waals surface area contributed by atoms with Gasteiger partial charge in [-0.25, -0.2) is 0 Å². The summed E-state index contributed by atoms with van der Waals surface area (Å²) in [5.74, 6) is 0. The van der Waals surface area contributed by atoms with Crippen molar-refractivity contribution in [1.82, 2.24) is 0 Å². The molecule has 3 aromatic carbocycles. The molecule has 2 aliphatic rings. The quantitative estimate of drug-likeness (QED) is 0.498. The molecule has 22 heavy (non-hydrogen) atoms. The largest absolute Gasteiger partial charge is 0.356 e. The summed E-state index contributed by atoms with van der Waals surface area (Å²) in [6.07, 6.45) is 0. The van der Waals surface area contributed by atoms with Crippen LogP contribution in [0, 0.1) is 0 Å².